The Morgan fingerprint density at radius 3 is 1.80 bits per heavy atom. The zero-order valence-electron chi connectivity index (χ0n) is 33.4. The molecular weight excluding hydrogens is 657 g/mol. The molecule has 0 aliphatic carbocycles. The number of hydrogen-bond acceptors (Lipinski definition) is 7. The van der Waals surface area contributed by atoms with E-state index in [4.69, 9.17) is 9.47 Å². The number of nitrogens with zero attached hydrogens (tertiary/aromatic N) is 2. The van der Waals surface area contributed by atoms with Crippen LogP contribution in [0.2, 0.25) is 0 Å². The normalized spacial score (nSPS) is 11.2. The van der Waals surface area contributed by atoms with Crippen LogP contribution in [0, 0.1) is 0 Å². The smallest absolute Gasteiger partial charge is 0.338 e. The highest BCUT2D eigenvalue weighted by atomic mass is 32.2. The third kappa shape index (κ3) is 29.7. The topological polar surface area (TPSA) is 76.1 Å². The lowest BCUT2D eigenvalue weighted by Gasteiger charge is -2.23. The molecule has 0 fully saturated rings. The van der Waals surface area contributed by atoms with Gasteiger partial charge in [0.15, 0.2) is 0 Å². The lowest BCUT2D eigenvalue weighted by molar-refractivity contribution is -0.142. The summed E-state index contributed by atoms with van der Waals surface area (Å²) in [5, 5.41) is 0.146. The predicted molar refractivity (Wildman–Crippen MR) is 219 cm³/mol. The van der Waals surface area contributed by atoms with Gasteiger partial charge < -0.3 is 19.3 Å². The van der Waals surface area contributed by atoms with E-state index in [2.05, 4.69) is 30.9 Å². The Balaban J connectivity index is 0.0000123. The summed E-state index contributed by atoms with van der Waals surface area (Å²) in [4.78, 5) is 41.6. The number of hydrogen-bond donors (Lipinski definition) is 0. The maximum atomic E-state index is 13.1. The molecule has 0 saturated carbocycles. The first-order valence-corrected chi connectivity index (χ1v) is 21.1. The van der Waals surface area contributed by atoms with Crippen LogP contribution in [-0.2, 0) is 20.7 Å². The van der Waals surface area contributed by atoms with Crippen LogP contribution in [-0.4, -0.2) is 79.7 Å². The van der Waals surface area contributed by atoms with Crippen molar-refractivity contribution in [2.45, 2.75) is 143 Å². The first-order valence-electron chi connectivity index (χ1n) is 20.1. The van der Waals surface area contributed by atoms with Gasteiger partial charge in [-0.05, 0) is 83.2 Å². The molecule has 1 aromatic rings. The predicted octanol–water partition coefficient (Wildman–Crippen LogP) is 11.5. The summed E-state index contributed by atoms with van der Waals surface area (Å²) in [5.41, 5.74) is 1.71. The van der Waals surface area contributed by atoms with E-state index >= 15 is 0 Å². The molecule has 0 atom stereocenters. The number of unbranched alkanes of at least 4 members (excludes halogenated alkanes) is 12. The summed E-state index contributed by atoms with van der Waals surface area (Å²) < 4.78 is 10.7. The highest BCUT2D eigenvalue weighted by Gasteiger charge is 2.14. The number of amides is 1. The molecule has 1 aromatic carbocycles. The number of rotatable bonds is 30. The lowest BCUT2D eigenvalue weighted by atomic mass is 10.1. The van der Waals surface area contributed by atoms with Gasteiger partial charge in [-0.15, -0.1) is 0 Å². The number of thioether (sulfide) groups is 1. The molecule has 51 heavy (non-hydrogen) atoms. The van der Waals surface area contributed by atoms with E-state index in [1.54, 1.807) is 0 Å². The Morgan fingerprint density at radius 2 is 1.20 bits per heavy atom. The molecule has 0 unspecified atom stereocenters. The van der Waals surface area contributed by atoms with Gasteiger partial charge in [-0.1, -0.05) is 134 Å². The standard InChI is InChI=1S/C41H68N2O5S.C2H6/c1-5-7-9-11-13-18-22-34-47-39(44)26-20-16-15-17-21-31-43(41(46)49-36-33-42(3)4)32-24-25-37-27-29-38(30-28-37)40(45)48-35-23-19-14-12-10-8-6-2;1-2/h18-19,22-23,27-30H,5-17,20-21,24-26,31-36H2,1-4H3;1-2H3/b22-18-,23-19-;. The number of carbonyl (C=O) groups is 3. The number of esters is 2. The first-order chi connectivity index (χ1) is 24.9. The third-order valence-corrected chi connectivity index (χ3v) is 9.24. The van der Waals surface area contributed by atoms with E-state index in [1.807, 2.05) is 69.3 Å². The molecule has 1 rings (SSSR count). The zero-order valence-corrected chi connectivity index (χ0v) is 34.2. The van der Waals surface area contributed by atoms with Gasteiger partial charge >= 0.3 is 11.9 Å². The molecule has 0 heterocycles. The summed E-state index contributed by atoms with van der Waals surface area (Å²) in [6, 6.07) is 7.64. The van der Waals surface area contributed by atoms with Gasteiger partial charge in [0.1, 0.15) is 13.2 Å². The summed E-state index contributed by atoms with van der Waals surface area (Å²) in [5.74, 6) is 0.359. The van der Waals surface area contributed by atoms with Gasteiger partial charge in [0, 0.05) is 31.8 Å². The molecule has 8 heteroatoms. The van der Waals surface area contributed by atoms with Gasteiger partial charge in [-0.2, -0.15) is 0 Å². The highest BCUT2D eigenvalue weighted by molar-refractivity contribution is 8.13. The summed E-state index contributed by atoms with van der Waals surface area (Å²) >= 11 is 1.40. The molecule has 0 bridgehead atoms. The average Bonchev–Trinajstić information content (AvgIpc) is 3.13. The van der Waals surface area contributed by atoms with E-state index < -0.39 is 0 Å². The fourth-order valence-electron chi connectivity index (χ4n) is 5.26. The van der Waals surface area contributed by atoms with Gasteiger partial charge in [0.2, 0.25) is 0 Å². The minimum absolute atomic E-state index is 0.118. The number of aryl methyl sites for hydroxylation is 1. The maximum Gasteiger partial charge on any atom is 0.338 e. The monoisotopic (exact) mass is 731 g/mol. The Morgan fingerprint density at radius 1 is 0.647 bits per heavy atom. The van der Waals surface area contributed by atoms with Crippen molar-refractivity contribution < 1.29 is 23.9 Å². The van der Waals surface area contributed by atoms with Crippen LogP contribution < -0.4 is 0 Å². The van der Waals surface area contributed by atoms with E-state index in [0.717, 1.165) is 82.2 Å². The molecule has 0 N–H and O–H groups in total. The van der Waals surface area contributed by atoms with Crippen molar-refractivity contribution in [1.82, 2.24) is 9.80 Å². The molecular formula is C43H74N2O5S. The minimum atomic E-state index is -0.301. The van der Waals surface area contributed by atoms with Gasteiger partial charge in [-0.25, -0.2) is 4.79 Å². The molecule has 292 valence electrons. The molecule has 0 aliphatic rings. The van der Waals surface area contributed by atoms with Crippen LogP contribution >= 0.6 is 11.8 Å². The van der Waals surface area contributed by atoms with E-state index in [1.165, 1.54) is 63.1 Å². The van der Waals surface area contributed by atoms with Crippen molar-refractivity contribution in [3.63, 3.8) is 0 Å². The largest absolute Gasteiger partial charge is 0.461 e. The molecule has 0 aliphatic heterocycles. The van der Waals surface area contributed by atoms with Crippen LogP contribution in [0.4, 0.5) is 4.79 Å². The van der Waals surface area contributed by atoms with Crippen LogP contribution in [0.3, 0.4) is 0 Å². The zero-order chi connectivity index (χ0) is 37.8. The SMILES string of the molecule is CC.CCCCCC/C=C\COC(=O)CCCCCCCN(CCCc1ccc(C(=O)OC/C=C\CCCCCC)cc1)C(=O)SCCN(C)C. The fourth-order valence-corrected chi connectivity index (χ4v) is 6.25. The van der Waals surface area contributed by atoms with Gasteiger partial charge in [0.05, 0.1) is 5.56 Å². The van der Waals surface area contributed by atoms with Crippen molar-refractivity contribution >= 4 is 28.9 Å². The fraction of sp³-hybridized carbons (Fsp3) is 0.698. The second kappa shape index (κ2) is 35.8. The van der Waals surface area contributed by atoms with Crippen LogP contribution in [0.5, 0.6) is 0 Å². The molecule has 0 aromatic heterocycles. The second-order valence-corrected chi connectivity index (χ2v) is 14.2. The van der Waals surface area contributed by atoms with Crippen LogP contribution in [0.25, 0.3) is 0 Å². The Bertz CT molecular complexity index is 1040. The summed E-state index contributed by atoms with van der Waals surface area (Å²) in [6.07, 6.45) is 27.2. The molecule has 7 nitrogen and oxygen atoms in total. The van der Waals surface area contributed by atoms with Crippen molar-refractivity contribution in [2.75, 3.05) is 52.7 Å². The van der Waals surface area contributed by atoms with Crippen molar-refractivity contribution in [2.24, 2.45) is 0 Å². The second-order valence-electron chi connectivity index (χ2n) is 13.1. The Hall–Kier alpha value is -2.58. The summed E-state index contributed by atoms with van der Waals surface area (Å²) in [6.45, 7) is 11.4. The molecule has 1 amide bonds. The van der Waals surface area contributed by atoms with Crippen LogP contribution in [0.15, 0.2) is 48.6 Å². The third-order valence-electron chi connectivity index (χ3n) is 8.35. The summed E-state index contributed by atoms with van der Waals surface area (Å²) in [7, 11) is 4.04. The first kappa shape index (κ1) is 48.4. The number of benzene rings is 1. The van der Waals surface area contributed by atoms with Crippen LogP contribution in [0.1, 0.15) is 153 Å². The van der Waals surface area contributed by atoms with Crippen molar-refractivity contribution in [3.8, 4) is 0 Å². The van der Waals surface area contributed by atoms with Crippen molar-refractivity contribution in [3.05, 3.63) is 59.7 Å². The van der Waals surface area contributed by atoms with E-state index in [-0.39, 0.29) is 17.2 Å². The quantitative estimate of drug-likeness (QED) is 0.0443. The highest BCUT2D eigenvalue weighted by Crippen LogP contribution is 2.15. The number of carbonyl (C=O) groups excluding carboxylic acids is 3. The lowest BCUT2D eigenvalue weighted by Crippen LogP contribution is -2.31. The van der Waals surface area contributed by atoms with Gasteiger partial charge in [0.25, 0.3) is 5.24 Å². The minimum Gasteiger partial charge on any atom is -0.461 e. The van der Waals surface area contributed by atoms with Crippen molar-refractivity contribution in [1.29, 1.82) is 0 Å². The Labute approximate surface area is 317 Å². The molecule has 0 radical (unpaired) electrons. The maximum absolute atomic E-state index is 13.1. The van der Waals surface area contributed by atoms with E-state index in [9.17, 15) is 14.4 Å². The average molecular weight is 731 g/mol. The van der Waals surface area contributed by atoms with Gasteiger partial charge in [-0.3, -0.25) is 9.59 Å². The molecule has 0 saturated heterocycles. The molecule has 0 spiro atoms. The Kier molecular flexibility index (Phi) is 34.0. The van der Waals surface area contributed by atoms with E-state index in [0.29, 0.717) is 31.7 Å². The number of ether oxygens (including phenoxy) is 2. The number of allylic oxidation sites excluding steroid dienone is 2.